The van der Waals surface area contributed by atoms with E-state index in [0.717, 1.165) is 49.4 Å². The molecule has 0 radical (unpaired) electrons. The Morgan fingerprint density at radius 1 is 1.13 bits per heavy atom. The maximum Gasteiger partial charge on any atom is 0.200 e. The van der Waals surface area contributed by atoms with Crippen molar-refractivity contribution in [3.63, 3.8) is 0 Å². The van der Waals surface area contributed by atoms with Gasteiger partial charge >= 0.3 is 0 Å². The zero-order valence-corrected chi connectivity index (χ0v) is 17.3. The summed E-state index contributed by atoms with van der Waals surface area (Å²) in [5.74, 6) is 2.26. The normalized spacial score (nSPS) is 26.0. The molecule has 2 fully saturated rings. The van der Waals surface area contributed by atoms with Gasteiger partial charge in [0.2, 0.25) is 5.65 Å². The molecular formula is C22H27N5O3. The van der Waals surface area contributed by atoms with E-state index in [4.69, 9.17) is 9.47 Å². The number of benzene rings is 1. The molecule has 3 aromatic rings. The molecule has 0 spiro atoms. The zero-order valence-electron chi connectivity index (χ0n) is 17.3. The van der Waals surface area contributed by atoms with Gasteiger partial charge in [-0.3, -0.25) is 0 Å². The topological polar surface area (TPSA) is 85.0 Å². The summed E-state index contributed by atoms with van der Waals surface area (Å²) in [6.45, 7) is 3.92. The van der Waals surface area contributed by atoms with E-state index in [2.05, 4.69) is 33.2 Å². The molecule has 1 N–H and O–H groups in total. The number of para-hydroxylation sites is 2. The molecule has 4 atom stereocenters. The molecule has 0 bridgehead atoms. The second-order valence-electron chi connectivity index (χ2n) is 8.24. The fraction of sp³-hybridized carbons (Fsp3) is 0.500. The molecule has 1 aliphatic heterocycles. The highest BCUT2D eigenvalue weighted by atomic mass is 16.5. The van der Waals surface area contributed by atoms with Gasteiger partial charge in [0.15, 0.2) is 11.5 Å². The average Bonchev–Trinajstić information content (AvgIpc) is 3.40. The van der Waals surface area contributed by atoms with E-state index in [1.165, 1.54) is 0 Å². The van der Waals surface area contributed by atoms with Gasteiger partial charge in [0.1, 0.15) is 12.4 Å². The maximum atomic E-state index is 10.8. The van der Waals surface area contributed by atoms with Crippen LogP contribution in [-0.4, -0.2) is 57.3 Å². The standard InChI is InChI=1S/C22H27N5O3/c1-3-16-10-17(22-24-23-13-27(22)25-16)26-11-14-8-18(28)21(9-15(14)12-26)30-20-7-5-4-6-19(20)29-2/h4-7,10,13-15,18,21,28H,3,8-9,11-12H2,1-2H3/t14-,15+,18+,21+/m0/s1. The van der Waals surface area contributed by atoms with Gasteiger partial charge in [0.05, 0.1) is 24.6 Å². The van der Waals surface area contributed by atoms with Gasteiger partial charge in [0, 0.05) is 13.1 Å². The average molecular weight is 409 g/mol. The number of aromatic nitrogens is 4. The molecule has 3 heterocycles. The summed E-state index contributed by atoms with van der Waals surface area (Å²) >= 11 is 0. The smallest absolute Gasteiger partial charge is 0.200 e. The number of hydrogen-bond donors (Lipinski definition) is 1. The Kier molecular flexibility index (Phi) is 4.94. The molecule has 2 aliphatic rings. The van der Waals surface area contributed by atoms with Crippen LogP contribution in [0.15, 0.2) is 36.7 Å². The van der Waals surface area contributed by atoms with Crippen molar-refractivity contribution >= 4 is 11.3 Å². The number of aliphatic hydroxyl groups excluding tert-OH is 1. The number of aryl methyl sites for hydroxylation is 1. The molecule has 1 saturated carbocycles. The lowest BCUT2D eigenvalue weighted by Gasteiger charge is -2.35. The number of aliphatic hydroxyl groups is 1. The van der Waals surface area contributed by atoms with E-state index in [9.17, 15) is 5.11 Å². The molecule has 8 heteroatoms. The Balaban J connectivity index is 1.36. The Hall–Kier alpha value is -2.87. The highest BCUT2D eigenvalue weighted by Crippen LogP contribution is 2.41. The van der Waals surface area contributed by atoms with E-state index < -0.39 is 6.10 Å². The summed E-state index contributed by atoms with van der Waals surface area (Å²) in [5, 5.41) is 23.7. The van der Waals surface area contributed by atoms with Crippen LogP contribution in [-0.2, 0) is 6.42 Å². The van der Waals surface area contributed by atoms with Gasteiger partial charge in [-0.15, -0.1) is 10.2 Å². The van der Waals surface area contributed by atoms with Crippen LogP contribution in [0.4, 0.5) is 5.69 Å². The molecule has 158 valence electrons. The van der Waals surface area contributed by atoms with Crippen LogP contribution >= 0.6 is 0 Å². The quantitative estimate of drug-likeness (QED) is 0.692. The Bertz CT molecular complexity index is 1040. The Morgan fingerprint density at radius 3 is 2.67 bits per heavy atom. The first-order valence-corrected chi connectivity index (χ1v) is 10.6. The van der Waals surface area contributed by atoms with E-state index in [0.29, 0.717) is 23.3 Å². The third kappa shape index (κ3) is 3.35. The highest BCUT2D eigenvalue weighted by Gasteiger charge is 2.43. The monoisotopic (exact) mass is 409 g/mol. The Labute approximate surface area is 175 Å². The van der Waals surface area contributed by atoms with Crippen LogP contribution in [0, 0.1) is 11.8 Å². The number of nitrogens with zero attached hydrogens (tertiary/aromatic N) is 5. The highest BCUT2D eigenvalue weighted by molar-refractivity contribution is 5.68. The second kappa shape index (κ2) is 7.75. The number of anilines is 1. The summed E-state index contributed by atoms with van der Waals surface area (Å²) < 4.78 is 13.4. The predicted molar refractivity (Wildman–Crippen MR) is 112 cm³/mol. The molecule has 0 amide bonds. The largest absolute Gasteiger partial charge is 0.493 e. The van der Waals surface area contributed by atoms with Crippen LogP contribution in [0.2, 0.25) is 0 Å². The van der Waals surface area contributed by atoms with Crippen LogP contribution < -0.4 is 14.4 Å². The van der Waals surface area contributed by atoms with Crippen molar-refractivity contribution in [1.29, 1.82) is 0 Å². The first-order chi connectivity index (χ1) is 14.7. The van der Waals surface area contributed by atoms with E-state index in [1.54, 1.807) is 18.0 Å². The third-order valence-electron chi connectivity index (χ3n) is 6.43. The summed E-state index contributed by atoms with van der Waals surface area (Å²) in [7, 11) is 1.63. The van der Waals surface area contributed by atoms with Gasteiger partial charge in [-0.25, -0.2) is 0 Å². The van der Waals surface area contributed by atoms with Crippen LogP contribution in [0.3, 0.4) is 0 Å². The van der Waals surface area contributed by atoms with Gasteiger partial charge in [0.25, 0.3) is 0 Å². The number of hydrogen-bond acceptors (Lipinski definition) is 7. The van der Waals surface area contributed by atoms with Crippen LogP contribution in [0.5, 0.6) is 11.5 Å². The predicted octanol–water partition coefficient (Wildman–Crippen LogP) is 2.35. The summed E-state index contributed by atoms with van der Waals surface area (Å²) in [4.78, 5) is 2.37. The van der Waals surface area contributed by atoms with Crippen LogP contribution in [0.25, 0.3) is 5.65 Å². The van der Waals surface area contributed by atoms with Crippen molar-refractivity contribution in [3.8, 4) is 11.5 Å². The molecule has 5 rings (SSSR count). The minimum atomic E-state index is -0.493. The third-order valence-corrected chi connectivity index (χ3v) is 6.43. The van der Waals surface area contributed by atoms with E-state index >= 15 is 0 Å². The fourth-order valence-corrected chi connectivity index (χ4v) is 4.86. The lowest BCUT2D eigenvalue weighted by molar-refractivity contribution is -0.0240. The molecular weight excluding hydrogens is 382 g/mol. The molecule has 2 aromatic heterocycles. The van der Waals surface area contributed by atoms with Gasteiger partial charge < -0.3 is 19.5 Å². The van der Waals surface area contributed by atoms with Crippen molar-refractivity contribution < 1.29 is 14.6 Å². The van der Waals surface area contributed by atoms with E-state index in [-0.39, 0.29) is 6.10 Å². The van der Waals surface area contributed by atoms with Crippen molar-refractivity contribution in [2.24, 2.45) is 11.8 Å². The van der Waals surface area contributed by atoms with Crippen LogP contribution in [0.1, 0.15) is 25.5 Å². The lowest BCUT2D eigenvalue weighted by Crippen LogP contribution is -2.42. The molecule has 1 aromatic carbocycles. The fourth-order valence-electron chi connectivity index (χ4n) is 4.86. The summed E-state index contributed by atoms with van der Waals surface area (Å²) in [6, 6.07) is 9.73. The number of ether oxygens (including phenoxy) is 2. The van der Waals surface area contributed by atoms with Gasteiger partial charge in [-0.05, 0) is 49.3 Å². The molecule has 1 aliphatic carbocycles. The minimum Gasteiger partial charge on any atom is -0.493 e. The summed E-state index contributed by atoms with van der Waals surface area (Å²) in [5.41, 5.74) is 2.88. The van der Waals surface area contributed by atoms with Crippen molar-refractivity contribution in [2.75, 3.05) is 25.1 Å². The maximum absolute atomic E-state index is 10.8. The van der Waals surface area contributed by atoms with Crippen molar-refractivity contribution in [3.05, 3.63) is 42.4 Å². The SMILES string of the molecule is CCc1cc(N2C[C@H]3C[C@@H](Oc4ccccc4OC)[C@H](O)C[C@H]3C2)c2nncn2n1. The second-order valence-corrected chi connectivity index (χ2v) is 8.24. The van der Waals surface area contributed by atoms with Gasteiger partial charge in [-0.1, -0.05) is 19.1 Å². The lowest BCUT2D eigenvalue weighted by atomic mass is 9.78. The van der Waals surface area contributed by atoms with Crippen molar-refractivity contribution in [1.82, 2.24) is 19.8 Å². The first kappa shape index (κ1) is 19.1. The zero-order chi connectivity index (χ0) is 20.7. The number of rotatable bonds is 5. The van der Waals surface area contributed by atoms with E-state index in [1.807, 2.05) is 24.3 Å². The first-order valence-electron chi connectivity index (χ1n) is 10.6. The molecule has 1 saturated heterocycles. The molecule has 0 unspecified atom stereocenters. The molecule has 8 nitrogen and oxygen atoms in total. The molecule has 30 heavy (non-hydrogen) atoms. The number of fused-ring (bicyclic) bond motifs is 2. The Morgan fingerprint density at radius 2 is 1.90 bits per heavy atom. The summed E-state index contributed by atoms with van der Waals surface area (Å²) in [6.07, 6.45) is 3.33. The minimum absolute atomic E-state index is 0.237. The van der Waals surface area contributed by atoms with Gasteiger partial charge in [-0.2, -0.15) is 9.61 Å². The van der Waals surface area contributed by atoms with Crippen molar-refractivity contribution in [2.45, 2.75) is 38.4 Å². The number of methoxy groups -OCH3 is 1.